The monoisotopic (exact) mass is 528 g/mol. The standard InChI is InChI=1S/C29H36N8O2/c1-36-12-14-37(15-13-36)24-9-7-20(8-10-24)17-33-28(38)22-5-2-4-21(16-22)25-19-32-27(30)26(35-25)29(39)34-23-6-3-11-31-18-23/h2,4-5,7-10,16,19,23,31H,3,6,11-15,17-18H2,1H3,(H2,30,32)(H,33,38)(H,34,39)/t23-/m0/s1. The fraction of sp³-hybridized carbons (Fsp3) is 0.379. The quantitative estimate of drug-likeness (QED) is 0.366. The van der Waals surface area contributed by atoms with E-state index >= 15 is 0 Å². The van der Waals surface area contributed by atoms with Crippen molar-refractivity contribution < 1.29 is 9.59 Å². The number of nitrogen functional groups attached to an aromatic ring is 1. The Morgan fingerprint density at radius 2 is 1.87 bits per heavy atom. The lowest BCUT2D eigenvalue weighted by molar-refractivity contribution is 0.0923. The molecule has 2 saturated heterocycles. The van der Waals surface area contributed by atoms with Crippen molar-refractivity contribution >= 4 is 23.3 Å². The zero-order chi connectivity index (χ0) is 27.2. The molecule has 2 aromatic carbocycles. The van der Waals surface area contributed by atoms with Gasteiger partial charge in [0.15, 0.2) is 11.5 Å². The smallest absolute Gasteiger partial charge is 0.274 e. The molecular formula is C29H36N8O2. The van der Waals surface area contributed by atoms with Crippen molar-refractivity contribution in [3.05, 3.63) is 71.5 Å². The highest BCUT2D eigenvalue weighted by molar-refractivity contribution is 5.97. The zero-order valence-corrected chi connectivity index (χ0v) is 22.3. The zero-order valence-electron chi connectivity index (χ0n) is 22.3. The number of likely N-dealkylation sites (N-methyl/N-ethyl adjacent to an activating group) is 1. The van der Waals surface area contributed by atoms with E-state index in [1.807, 2.05) is 6.07 Å². The van der Waals surface area contributed by atoms with Crippen LogP contribution >= 0.6 is 0 Å². The molecule has 5 N–H and O–H groups in total. The summed E-state index contributed by atoms with van der Waals surface area (Å²) < 4.78 is 0. The molecule has 2 fully saturated rings. The number of piperazine rings is 1. The van der Waals surface area contributed by atoms with Crippen LogP contribution in [0.4, 0.5) is 11.5 Å². The first kappa shape index (κ1) is 26.6. The number of nitrogens with two attached hydrogens (primary N) is 1. The van der Waals surface area contributed by atoms with Crippen LogP contribution in [0.5, 0.6) is 0 Å². The highest BCUT2D eigenvalue weighted by atomic mass is 16.2. The van der Waals surface area contributed by atoms with E-state index in [0.717, 1.165) is 57.7 Å². The third kappa shape index (κ3) is 6.71. The Bertz CT molecular complexity index is 1300. The molecular weight excluding hydrogens is 492 g/mol. The molecule has 1 atom stereocenters. The molecule has 39 heavy (non-hydrogen) atoms. The number of piperidine rings is 1. The summed E-state index contributed by atoms with van der Waals surface area (Å²) in [5.41, 5.74) is 9.97. The second-order valence-corrected chi connectivity index (χ2v) is 10.2. The van der Waals surface area contributed by atoms with Crippen LogP contribution in [0.2, 0.25) is 0 Å². The fourth-order valence-electron chi connectivity index (χ4n) is 4.93. The van der Waals surface area contributed by atoms with Crippen molar-refractivity contribution in [2.24, 2.45) is 0 Å². The summed E-state index contributed by atoms with van der Waals surface area (Å²) in [5, 5.41) is 9.26. The van der Waals surface area contributed by atoms with Gasteiger partial charge in [-0.3, -0.25) is 9.59 Å². The summed E-state index contributed by atoms with van der Waals surface area (Å²) in [6.07, 6.45) is 3.43. The van der Waals surface area contributed by atoms with Gasteiger partial charge in [-0.25, -0.2) is 9.97 Å². The first-order chi connectivity index (χ1) is 19.0. The van der Waals surface area contributed by atoms with Gasteiger partial charge in [0.25, 0.3) is 11.8 Å². The molecule has 2 aliphatic rings. The van der Waals surface area contributed by atoms with Crippen LogP contribution in [0.25, 0.3) is 11.3 Å². The highest BCUT2D eigenvalue weighted by Crippen LogP contribution is 2.21. The summed E-state index contributed by atoms with van der Waals surface area (Å²) in [6.45, 7) is 6.26. The van der Waals surface area contributed by atoms with Gasteiger partial charge in [-0.15, -0.1) is 0 Å². The minimum Gasteiger partial charge on any atom is -0.382 e. The van der Waals surface area contributed by atoms with E-state index in [9.17, 15) is 9.59 Å². The summed E-state index contributed by atoms with van der Waals surface area (Å²) in [4.78, 5) is 39.2. The van der Waals surface area contributed by atoms with Gasteiger partial charge in [0.05, 0.1) is 11.9 Å². The van der Waals surface area contributed by atoms with Crippen molar-refractivity contribution in [2.75, 3.05) is 56.9 Å². The molecule has 2 amide bonds. The van der Waals surface area contributed by atoms with Crippen molar-refractivity contribution in [1.82, 2.24) is 30.8 Å². The van der Waals surface area contributed by atoms with Gasteiger partial charge in [0.1, 0.15) is 0 Å². The highest BCUT2D eigenvalue weighted by Gasteiger charge is 2.20. The molecule has 0 unspecified atom stereocenters. The van der Waals surface area contributed by atoms with E-state index in [1.54, 1.807) is 18.2 Å². The molecule has 0 aliphatic carbocycles. The van der Waals surface area contributed by atoms with Gasteiger partial charge in [0, 0.05) is 62.1 Å². The third-order valence-electron chi connectivity index (χ3n) is 7.33. The summed E-state index contributed by atoms with van der Waals surface area (Å²) in [5.74, 6) is -0.457. The second-order valence-electron chi connectivity index (χ2n) is 10.2. The van der Waals surface area contributed by atoms with Crippen LogP contribution in [-0.2, 0) is 6.54 Å². The number of hydrogen-bond acceptors (Lipinski definition) is 8. The number of nitrogens with one attached hydrogen (secondary N) is 3. The largest absolute Gasteiger partial charge is 0.382 e. The first-order valence-corrected chi connectivity index (χ1v) is 13.5. The Morgan fingerprint density at radius 3 is 2.62 bits per heavy atom. The van der Waals surface area contributed by atoms with Gasteiger partial charge in [-0.2, -0.15) is 0 Å². The van der Waals surface area contributed by atoms with Gasteiger partial charge >= 0.3 is 0 Å². The number of benzene rings is 2. The van der Waals surface area contributed by atoms with E-state index in [-0.39, 0.29) is 29.4 Å². The summed E-state index contributed by atoms with van der Waals surface area (Å²) in [7, 11) is 2.15. The maximum atomic E-state index is 12.9. The number of nitrogens with zero attached hydrogens (tertiary/aromatic N) is 4. The van der Waals surface area contributed by atoms with Crippen molar-refractivity contribution in [1.29, 1.82) is 0 Å². The number of carbonyl (C=O) groups excluding carboxylic acids is 2. The minimum atomic E-state index is -0.344. The topological polar surface area (TPSA) is 129 Å². The molecule has 3 heterocycles. The molecule has 1 aromatic heterocycles. The Kier molecular flexibility index (Phi) is 8.33. The molecule has 0 bridgehead atoms. The van der Waals surface area contributed by atoms with E-state index in [1.165, 1.54) is 11.9 Å². The Labute approximate surface area is 229 Å². The lowest BCUT2D eigenvalue weighted by atomic mass is 10.1. The second kappa shape index (κ2) is 12.2. The number of amides is 2. The number of anilines is 2. The van der Waals surface area contributed by atoms with E-state index < -0.39 is 0 Å². The third-order valence-corrected chi connectivity index (χ3v) is 7.33. The molecule has 5 rings (SSSR count). The van der Waals surface area contributed by atoms with Gasteiger partial charge < -0.3 is 31.5 Å². The minimum absolute atomic E-state index is 0.0334. The lowest BCUT2D eigenvalue weighted by Crippen LogP contribution is -2.46. The van der Waals surface area contributed by atoms with Crippen LogP contribution < -0.4 is 26.6 Å². The number of carbonyl (C=O) groups is 2. The maximum Gasteiger partial charge on any atom is 0.274 e. The SMILES string of the molecule is CN1CCN(c2ccc(CNC(=O)c3cccc(-c4cnc(N)c(C(=O)N[C@H]5CCCNC5)n4)c3)cc2)CC1. The Balaban J connectivity index is 1.21. The summed E-state index contributed by atoms with van der Waals surface area (Å²) >= 11 is 0. The van der Waals surface area contributed by atoms with Crippen molar-refractivity contribution in [3.8, 4) is 11.3 Å². The van der Waals surface area contributed by atoms with Gasteiger partial charge in [-0.05, 0) is 56.3 Å². The predicted molar refractivity (Wildman–Crippen MR) is 153 cm³/mol. The molecule has 10 nitrogen and oxygen atoms in total. The Morgan fingerprint density at radius 1 is 1.08 bits per heavy atom. The summed E-state index contributed by atoms with van der Waals surface area (Å²) in [6, 6.07) is 15.5. The average molecular weight is 529 g/mol. The normalized spacial score (nSPS) is 18.0. The number of hydrogen-bond donors (Lipinski definition) is 4. The van der Waals surface area contributed by atoms with E-state index in [0.29, 0.717) is 23.4 Å². The lowest BCUT2D eigenvalue weighted by Gasteiger charge is -2.34. The van der Waals surface area contributed by atoms with E-state index in [2.05, 4.69) is 67.0 Å². The fourth-order valence-corrected chi connectivity index (χ4v) is 4.93. The first-order valence-electron chi connectivity index (χ1n) is 13.5. The molecule has 2 aliphatic heterocycles. The van der Waals surface area contributed by atoms with Crippen LogP contribution in [0, 0.1) is 0 Å². The van der Waals surface area contributed by atoms with Crippen LogP contribution in [-0.4, -0.2) is 79.0 Å². The molecule has 3 aromatic rings. The number of aromatic nitrogens is 2. The molecule has 10 heteroatoms. The van der Waals surface area contributed by atoms with Gasteiger partial charge in [0.2, 0.25) is 0 Å². The van der Waals surface area contributed by atoms with Crippen LogP contribution in [0.15, 0.2) is 54.7 Å². The molecule has 0 spiro atoms. The van der Waals surface area contributed by atoms with Crippen molar-refractivity contribution in [3.63, 3.8) is 0 Å². The molecule has 0 radical (unpaired) electrons. The van der Waals surface area contributed by atoms with Crippen molar-refractivity contribution in [2.45, 2.75) is 25.4 Å². The van der Waals surface area contributed by atoms with Crippen LogP contribution in [0.1, 0.15) is 39.3 Å². The molecule has 0 saturated carbocycles. The maximum absolute atomic E-state index is 12.9. The van der Waals surface area contributed by atoms with Crippen LogP contribution in [0.3, 0.4) is 0 Å². The van der Waals surface area contributed by atoms with E-state index in [4.69, 9.17) is 5.73 Å². The van der Waals surface area contributed by atoms with Gasteiger partial charge in [-0.1, -0.05) is 24.3 Å². The molecule has 204 valence electrons. The number of rotatable bonds is 7. The Hall–Kier alpha value is -4.02. The predicted octanol–water partition coefficient (Wildman–Crippen LogP) is 1.89. The average Bonchev–Trinajstić information content (AvgIpc) is 2.97.